The third kappa shape index (κ3) is 2.28. The molecule has 0 unspecified atom stereocenters. The molecule has 1 aliphatic carbocycles. The van der Waals surface area contributed by atoms with Gasteiger partial charge in [-0.1, -0.05) is 0 Å². The van der Waals surface area contributed by atoms with Gasteiger partial charge >= 0.3 is 0 Å². The van der Waals surface area contributed by atoms with E-state index in [0.717, 1.165) is 12.8 Å². The van der Waals surface area contributed by atoms with Gasteiger partial charge in [0, 0.05) is 12.1 Å². The van der Waals surface area contributed by atoms with Crippen LogP contribution in [0.3, 0.4) is 0 Å². The van der Waals surface area contributed by atoms with E-state index in [-0.39, 0.29) is 11.3 Å². The van der Waals surface area contributed by atoms with Crippen molar-refractivity contribution < 1.29 is 9.66 Å². The molecule has 5 heteroatoms. The summed E-state index contributed by atoms with van der Waals surface area (Å²) < 4.78 is 6.13. The van der Waals surface area contributed by atoms with Crippen molar-refractivity contribution in [3.05, 3.63) is 32.8 Å². The molecule has 0 atom stereocenters. The Kier molecular flexibility index (Phi) is 2.42. The summed E-state index contributed by atoms with van der Waals surface area (Å²) in [5.74, 6) is 0.674. The maximum Gasteiger partial charge on any atom is 0.283 e. The number of benzene rings is 1. The van der Waals surface area contributed by atoms with Crippen LogP contribution in [0.15, 0.2) is 22.7 Å². The van der Waals surface area contributed by atoms with Crippen molar-refractivity contribution >= 4 is 21.6 Å². The van der Waals surface area contributed by atoms with Gasteiger partial charge in [-0.05, 0) is 41.8 Å². The predicted octanol–water partition coefficient (Wildman–Crippen LogP) is 3.29. The largest absolute Gasteiger partial charge is 0.488 e. The Bertz CT molecular complexity index is 415. The van der Waals surface area contributed by atoms with Crippen LogP contribution in [0, 0.1) is 10.1 Å². The van der Waals surface area contributed by atoms with Crippen LogP contribution >= 0.6 is 15.9 Å². The van der Waals surface area contributed by atoms with E-state index >= 15 is 0 Å². The molecule has 80 valence electrons. The third-order valence-electron chi connectivity index (χ3n) is 2.43. The van der Waals surface area contributed by atoms with Gasteiger partial charge in [-0.2, -0.15) is 0 Å². The van der Waals surface area contributed by atoms with Gasteiger partial charge in [0.2, 0.25) is 0 Å². The number of ether oxygens (including phenoxy) is 1. The summed E-state index contributed by atoms with van der Waals surface area (Å²) in [5, 5.41) is 10.6. The Labute approximate surface area is 95.5 Å². The fourth-order valence-corrected chi connectivity index (χ4v) is 1.76. The average Bonchev–Trinajstić information content (AvgIpc) is 2.82. The van der Waals surface area contributed by atoms with Crippen LogP contribution in [0.25, 0.3) is 0 Å². The highest BCUT2D eigenvalue weighted by atomic mass is 79.9. The molecule has 1 aromatic rings. The molecule has 0 saturated heterocycles. The summed E-state index contributed by atoms with van der Waals surface area (Å²) in [5.41, 5.74) is -0.00134. The van der Waals surface area contributed by atoms with Crippen LogP contribution in [-0.4, -0.2) is 10.5 Å². The highest BCUT2D eigenvalue weighted by Gasteiger charge is 2.40. The molecule has 1 saturated carbocycles. The van der Waals surface area contributed by atoms with E-state index in [1.165, 1.54) is 6.07 Å². The third-order valence-corrected chi connectivity index (χ3v) is 3.07. The van der Waals surface area contributed by atoms with E-state index in [2.05, 4.69) is 15.9 Å². The number of nitro groups is 1. The summed E-state index contributed by atoms with van der Waals surface area (Å²) in [6.07, 6.45) is 2.09. The summed E-state index contributed by atoms with van der Waals surface area (Å²) in [4.78, 5) is 10.1. The summed E-state index contributed by atoms with van der Waals surface area (Å²) in [6.45, 7) is 2.03. The van der Waals surface area contributed by atoms with Gasteiger partial charge in [-0.25, -0.2) is 0 Å². The lowest BCUT2D eigenvalue weighted by molar-refractivity contribution is -0.385. The molecular weight excluding hydrogens is 262 g/mol. The van der Waals surface area contributed by atoms with Gasteiger partial charge in [0.1, 0.15) is 11.4 Å². The quantitative estimate of drug-likeness (QED) is 0.626. The highest BCUT2D eigenvalue weighted by molar-refractivity contribution is 9.10. The Morgan fingerprint density at radius 1 is 1.53 bits per heavy atom. The Morgan fingerprint density at radius 3 is 2.67 bits per heavy atom. The van der Waals surface area contributed by atoms with E-state index < -0.39 is 4.92 Å². The van der Waals surface area contributed by atoms with Crippen LogP contribution in [-0.2, 0) is 0 Å². The number of nitro benzene ring substituents is 1. The lowest BCUT2D eigenvalue weighted by Gasteiger charge is -2.12. The van der Waals surface area contributed by atoms with Gasteiger partial charge in [0.15, 0.2) is 0 Å². The zero-order valence-corrected chi connectivity index (χ0v) is 9.78. The SMILES string of the molecule is CC1(Oc2ccc([N+](=O)[O-])c(Br)c2)CC1. The lowest BCUT2D eigenvalue weighted by Crippen LogP contribution is -2.11. The van der Waals surface area contributed by atoms with Crippen molar-refractivity contribution in [3.8, 4) is 5.75 Å². The monoisotopic (exact) mass is 271 g/mol. The topological polar surface area (TPSA) is 52.4 Å². The first kappa shape index (κ1) is 10.4. The lowest BCUT2D eigenvalue weighted by atomic mass is 10.3. The fraction of sp³-hybridized carbons (Fsp3) is 0.400. The molecular formula is C10H10BrNO3. The van der Waals surface area contributed by atoms with Gasteiger partial charge in [0.25, 0.3) is 5.69 Å². The summed E-state index contributed by atoms with van der Waals surface area (Å²) in [6, 6.07) is 4.72. The fourth-order valence-electron chi connectivity index (χ4n) is 1.26. The molecule has 0 aromatic heterocycles. The second-order valence-electron chi connectivity index (χ2n) is 3.92. The first-order valence-corrected chi connectivity index (χ1v) is 5.42. The molecule has 0 N–H and O–H groups in total. The molecule has 0 radical (unpaired) electrons. The molecule has 0 heterocycles. The molecule has 1 aliphatic rings. The Hall–Kier alpha value is -1.10. The molecule has 4 nitrogen and oxygen atoms in total. The zero-order valence-electron chi connectivity index (χ0n) is 8.20. The second kappa shape index (κ2) is 3.48. The molecule has 1 aromatic carbocycles. The number of hydrogen-bond donors (Lipinski definition) is 0. The Balaban J connectivity index is 2.21. The number of nitrogens with zero attached hydrogens (tertiary/aromatic N) is 1. The molecule has 2 rings (SSSR count). The minimum Gasteiger partial charge on any atom is -0.488 e. The second-order valence-corrected chi connectivity index (χ2v) is 4.78. The zero-order chi connectivity index (χ0) is 11.1. The predicted molar refractivity (Wildman–Crippen MR) is 59.1 cm³/mol. The molecule has 15 heavy (non-hydrogen) atoms. The van der Waals surface area contributed by atoms with Crippen LogP contribution < -0.4 is 4.74 Å². The van der Waals surface area contributed by atoms with Gasteiger partial charge in [-0.3, -0.25) is 10.1 Å². The van der Waals surface area contributed by atoms with Crippen molar-refractivity contribution in [2.45, 2.75) is 25.4 Å². The minimum absolute atomic E-state index is 0.0586. The van der Waals surface area contributed by atoms with Crippen molar-refractivity contribution in [1.29, 1.82) is 0 Å². The van der Waals surface area contributed by atoms with Crippen molar-refractivity contribution in [3.63, 3.8) is 0 Å². The minimum atomic E-state index is -0.424. The van der Waals surface area contributed by atoms with Gasteiger partial charge in [0.05, 0.1) is 9.40 Å². The van der Waals surface area contributed by atoms with Crippen LogP contribution in [0.5, 0.6) is 5.75 Å². The molecule has 0 aliphatic heterocycles. The van der Waals surface area contributed by atoms with E-state index in [9.17, 15) is 10.1 Å². The van der Waals surface area contributed by atoms with Crippen molar-refractivity contribution in [2.24, 2.45) is 0 Å². The van der Waals surface area contributed by atoms with Crippen LogP contribution in [0.1, 0.15) is 19.8 Å². The Morgan fingerprint density at radius 2 is 2.20 bits per heavy atom. The van der Waals surface area contributed by atoms with Crippen LogP contribution in [0.4, 0.5) is 5.69 Å². The van der Waals surface area contributed by atoms with Crippen molar-refractivity contribution in [1.82, 2.24) is 0 Å². The maximum absolute atomic E-state index is 10.6. The van der Waals surface area contributed by atoms with E-state index in [4.69, 9.17) is 4.74 Å². The smallest absolute Gasteiger partial charge is 0.283 e. The first-order valence-electron chi connectivity index (χ1n) is 4.63. The molecule has 0 bridgehead atoms. The highest BCUT2D eigenvalue weighted by Crippen LogP contribution is 2.40. The molecule has 0 amide bonds. The number of hydrogen-bond acceptors (Lipinski definition) is 3. The van der Waals surface area contributed by atoms with E-state index in [1.807, 2.05) is 6.92 Å². The molecule has 1 fully saturated rings. The first-order chi connectivity index (χ1) is 7.00. The van der Waals surface area contributed by atoms with Crippen LogP contribution in [0.2, 0.25) is 0 Å². The normalized spacial score (nSPS) is 17.2. The van der Waals surface area contributed by atoms with E-state index in [0.29, 0.717) is 10.2 Å². The average molecular weight is 272 g/mol. The standard InChI is InChI=1S/C10H10BrNO3/c1-10(4-5-10)15-7-2-3-9(12(13)14)8(11)6-7/h2-3,6H,4-5H2,1H3. The van der Waals surface area contributed by atoms with Gasteiger partial charge < -0.3 is 4.74 Å². The number of rotatable bonds is 3. The van der Waals surface area contributed by atoms with Crippen molar-refractivity contribution in [2.75, 3.05) is 0 Å². The molecule has 0 spiro atoms. The number of halogens is 1. The van der Waals surface area contributed by atoms with E-state index in [1.54, 1.807) is 12.1 Å². The summed E-state index contributed by atoms with van der Waals surface area (Å²) >= 11 is 3.15. The summed E-state index contributed by atoms with van der Waals surface area (Å²) in [7, 11) is 0. The maximum atomic E-state index is 10.6. The van der Waals surface area contributed by atoms with Gasteiger partial charge in [-0.15, -0.1) is 0 Å².